The van der Waals surface area contributed by atoms with Gasteiger partial charge in [0.05, 0.1) is 29.1 Å². The number of pyridine rings is 1. The molecular weight excluding hydrogens is 346 g/mol. The number of carbonyl (C=O) groups is 1. The molecule has 1 aromatic heterocycles. The van der Waals surface area contributed by atoms with Crippen LogP contribution in [-0.2, 0) is 4.79 Å². The van der Waals surface area contributed by atoms with Crippen LogP contribution in [0.5, 0.6) is 5.75 Å². The summed E-state index contributed by atoms with van der Waals surface area (Å²) in [6.45, 7) is 3.71. The second-order valence-electron chi connectivity index (χ2n) is 5.06. The second kappa shape index (κ2) is 8.04. The molecule has 1 aromatic carbocycles. The van der Waals surface area contributed by atoms with Gasteiger partial charge in [0, 0.05) is 11.8 Å². The Bertz CT molecular complexity index is 818. The Morgan fingerprint density at radius 1 is 1.42 bits per heavy atom. The Labute approximate surface area is 150 Å². The van der Waals surface area contributed by atoms with Gasteiger partial charge in [-0.2, -0.15) is 5.26 Å². The summed E-state index contributed by atoms with van der Waals surface area (Å²) in [4.78, 5) is 16.5. The number of aryl methyl sites for hydroxylation is 2. The van der Waals surface area contributed by atoms with Gasteiger partial charge in [-0.3, -0.25) is 4.79 Å². The summed E-state index contributed by atoms with van der Waals surface area (Å²) < 4.78 is 5.12. The largest absolute Gasteiger partial charge is 0.497 e. The third kappa shape index (κ3) is 4.40. The average molecular weight is 362 g/mol. The van der Waals surface area contributed by atoms with E-state index in [4.69, 9.17) is 16.3 Å². The van der Waals surface area contributed by atoms with Gasteiger partial charge in [-0.25, -0.2) is 4.98 Å². The first-order valence-electron chi connectivity index (χ1n) is 7.09. The molecule has 5 nitrogen and oxygen atoms in total. The van der Waals surface area contributed by atoms with Crippen LogP contribution in [0.25, 0.3) is 0 Å². The number of aromatic nitrogens is 1. The van der Waals surface area contributed by atoms with Gasteiger partial charge < -0.3 is 10.1 Å². The number of hydrogen-bond donors (Lipinski definition) is 1. The van der Waals surface area contributed by atoms with Crippen molar-refractivity contribution in [3.05, 3.63) is 46.1 Å². The SMILES string of the molecule is COc1ccc(Cl)c(NC(=O)CSc2nc(C)cc(C)c2C#N)c1. The topological polar surface area (TPSA) is 75.0 Å². The van der Waals surface area contributed by atoms with Gasteiger partial charge in [0.1, 0.15) is 16.8 Å². The lowest BCUT2D eigenvalue weighted by Gasteiger charge is -2.10. The molecule has 0 saturated heterocycles. The molecule has 1 amide bonds. The molecule has 0 unspecified atom stereocenters. The number of rotatable bonds is 5. The quantitative estimate of drug-likeness (QED) is 0.816. The molecule has 0 aliphatic carbocycles. The van der Waals surface area contributed by atoms with Crippen LogP contribution in [0.15, 0.2) is 29.3 Å². The van der Waals surface area contributed by atoms with Crippen LogP contribution in [0.2, 0.25) is 5.02 Å². The fourth-order valence-corrected chi connectivity index (χ4v) is 3.15. The third-order valence-corrected chi connectivity index (χ3v) is 4.52. The smallest absolute Gasteiger partial charge is 0.234 e. The molecule has 0 saturated carbocycles. The highest BCUT2D eigenvalue weighted by Crippen LogP contribution is 2.28. The van der Waals surface area contributed by atoms with E-state index < -0.39 is 0 Å². The molecule has 2 aromatic rings. The van der Waals surface area contributed by atoms with Gasteiger partial charge in [-0.15, -0.1) is 0 Å². The zero-order valence-electron chi connectivity index (χ0n) is 13.5. The summed E-state index contributed by atoms with van der Waals surface area (Å²) in [7, 11) is 1.54. The molecule has 1 N–H and O–H groups in total. The van der Waals surface area contributed by atoms with Crippen molar-refractivity contribution in [3.8, 4) is 11.8 Å². The maximum Gasteiger partial charge on any atom is 0.234 e. The summed E-state index contributed by atoms with van der Waals surface area (Å²) >= 11 is 7.29. The number of nitrogens with zero attached hydrogens (tertiary/aromatic N) is 2. The predicted molar refractivity (Wildman–Crippen MR) is 95.8 cm³/mol. The summed E-state index contributed by atoms with van der Waals surface area (Å²) in [6.07, 6.45) is 0. The zero-order chi connectivity index (χ0) is 17.7. The van der Waals surface area contributed by atoms with Crippen LogP contribution >= 0.6 is 23.4 Å². The minimum absolute atomic E-state index is 0.123. The van der Waals surface area contributed by atoms with Gasteiger partial charge in [-0.1, -0.05) is 23.4 Å². The van der Waals surface area contributed by atoms with Crippen LogP contribution in [-0.4, -0.2) is 23.8 Å². The molecule has 124 valence electrons. The van der Waals surface area contributed by atoms with Crippen molar-refractivity contribution < 1.29 is 9.53 Å². The number of halogens is 1. The van der Waals surface area contributed by atoms with Gasteiger partial charge >= 0.3 is 0 Å². The molecule has 7 heteroatoms. The van der Waals surface area contributed by atoms with Crippen molar-refractivity contribution in [2.24, 2.45) is 0 Å². The number of thioether (sulfide) groups is 1. The number of methoxy groups -OCH3 is 1. The lowest BCUT2D eigenvalue weighted by molar-refractivity contribution is -0.113. The number of amides is 1. The second-order valence-corrected chi connectivity index (χ2v) is 6.43. The maximum atomic E-state index is 12.2. The third-order valence-electron chi connectivity index (χ3n) is 3.21. The first kappa shape index (κ1) is 18.1. The minimum Gasteiger partial charge on any atom is -0.497 e. The predicted octanol–water partition coefficient (Wildman–Crippen LogP) is 3.96. The van der Waals surface area contributed by atoms with E-state index in [0.717, 1.165) is 11.3 Å². The Hall–Kier alpha value is -2.23. The fourth-order valence-electron chi connectivity index (χ4n) is 2.09. The van der Waals surface area contributed by atoms with Crippen molar-refractivity contribution in [2.45, 2.75) is 18.9 Å². The van der Waals surface area contributed by atoms with E-state index >= 15 is 0 Å². The van der Waals surface area contributed by atoms with Crippen LogP contribution in [0, 0.1) is 25.2 Å². The maximum absolute atomic E-state index is 12.2. The highest BCUT2D eigenvalue weighted by molar-refractivity contribution is 8.00. The zero-order valence-corrected chi connectivity index (χ0v) is 15.1. The van der Waals surface area contributed by atoms with E-state index in [1.165, 1.54) is 11.8 Å². The average Bonchev–Trinajstić information content (AvgIpc) is 2.54. The van der Waals surface area contributed by atoms with Gasteiger partial charge in [0.2, 0.25) is 5.91 Å². The summed E-state index contributed by atoms with van der Waals surface area (Å²) in [5, 5.41) is 13.0. The van der Waals surface area contributed by atoms with Crippen molar-refractivity contribution in [1.82, 2.24) is 4.98 Å². The Morgan fingerprint density at radius 2 is 2.17 bits per heavy atom. The molecule has 0 radical (unpaired) electrons. The number of nitriles is 1. The van der Waals surface area contributed by atoms with Gasteiger partial charge in [0.15, 0.2) is 0 Å². The fraction of sp³-hybridized carbons (Fsp3) is 0.235. The van der Waals surface area contributed by atoms with Crippen LogP contribution in [0.3, 0.4) is 0 Å². The number of carbonyl (C=O) groups excluding carboxylic acids is 1. The van der Waals surface area contributed by atoms with Crippen molar-refractivity contribution >= 4 is 35.0 Å². The lowest BCUT2D eigenvalue weighted by atomic mass is 10.1. The van der Waals surface area contributed by atoms with Crippen LogP contribution in [0.1, 0.15) is 16.8 Å². The van der Waals surface area contributed by atoms with Gasteiger partial charge in [-0.05, 0) is 37.6 Å². The van der Waals surface area contributed by atoms with Crippen molar-refractivity contribution in [3.63, 3.8) is 0 Å². The highest BCUT2D eigenvalue weighted by Gasteiger charge is 2.13. The first-order chi connectivity index (χ1) is 11.4. The molecule has 0 fully saturated rings. The molecule has 1 heterocycles. The van der Waals surface area contributed by atoms with E-state index in [1.807, 2.05) is 19.9 Å². The van der Waals surface area contributed by atoms with E-state index in [2.05, 4.69) is 16.4 Å². The summed E-state index contributed by atoms with van der Waals surface area (Å²) in [5.74, 6) is 0.489. The molecule has 0 aliphatic heterocycles. The summed E-state index contributed by atoms with van der Waals surface area (Å²) in [6, 6.07) is 9.00. The van der Waals surface area contributed by atoms with E-state index in [9.17, 15) is 10.1 Å². The minimum atomic E-state index is -0.236. The van der Waals surface area contributed by atoms with Crippen LogP contribution < -0.4 is 10.1 Å². The lowest BCUT2D eigenvalue weighted by Crippen LogP contribution is -2.14. The molecule has 24 heavy (non-hydrogen) atoms. The molecule has 0 atom stereocenters. The molecule has 2 rings (SSSR count). The Kier molecular flexibility index (Phi) is 6.07. The van der Waals surface area contributed by atoms with E-state index in [0.29, 0.717) is 27.0 Å². The number of hydrogen-bond acceptors (Lipinski definition) is 5. The molecule has 0 bridgehead atoms. The Balaban J connectivity index is 2.08. The molecule has 0 aliphatic rings. The summed E-state index contributed by atoms with van der Waals surface area (Å²) in [5.41, 5.74) is 2.64. The van der Waals surface area contributed by atoms with E-state index in [1.54, 1.807) is 25.3 Å². The number of nitrogens with one attached hydrogen (secondary N) is 1. The normalized spacial score (nSPS) is 10.1. The standard InChI is InChI=1S/C17H16ClN3O2S/c1-10-6-11(2)20-17(13(10)8-19)24-9-16(22)21-15-7-12(23-3)4-5-14(15)18/h4-7H,9H2,1-3H3,(H,21,22). The monoisotopic (exact) mass is 361 g/mol. The van der Waals surface area contributed by atoms with Crippen molar-refractivity contribution in [1.29, 1.82) is 5.26 Å². The first-order valence-corrected chi connectivity index (χ1v) is 8.45. The number of benzene rings is 1. The van der Waals surface area contributed by atoms with Crippen molar-refractivity contribution in [2.75, 3.05) is 18.2 Å². The molecular formula is C17H16ClN3O2S. The molecule has 0 spiro atoms. The highest BCUT2D eigenvalue weighted by atomic mass is 35.5. The number of anilines is 1. The Morgan fingerprint density at radius 3 is 2.83 bits per heavy atom. The number of ether oxygens (including phenoxy) is 1. The van der Waals surface area contributed by atoms with Gasteiger partial charge in [0.25, 0.3) is 0 Å². The van der Waals surface area contributed by atoms with E-state index in [-0.39, 0.29) is 11.7 Å². The van der Waals surface area contributed by atoms with Crippen LogP contribution in [0.4, 0.5) is 5.69 Å².